The average Bonchev–Trinajstić information content (AvgIpc) is 2.46. The molecule has 0 amide bonds. The summed E-state index contributed by atoms with van der Waals surface area (Å²) in [4.78, 5) is 11.1. The molecule has 0 bridgehead atoms. The second kappa shape index (κ2) is 6.33. The molecule has 1 aromatic rings. The maximum absolute atomic E-state index is 4.44. The molecule has 1 aromatic heterocycles. The molecule has 1 aliphatic carbocycles. The number of hydrogen-bond acceptors (Lipinski definition) is 4. The summed E-state index contributed by atoms with van der Waals surface area (Å²) in [5, 5.41) is 3.38. The van der Waals surface area contributed by atoms with Gasteiger partial charge in [-0.2, -0.15) is 0 Å². The molecule has 0 radical (unpaired) electrons. The molecule has 0 spiro atoms. The Morgan fingerprint density at radius 2 is 1.89 bits per heavy atom. The van der Waals surface area contributed by atoms with Gasteiger partial charge in [0.2, 0.25) is 0 Å². The minimum absolute atomic E-state index is 0.454. The molecule has 4 heteroatoms. The first-order valence-corrected chi connectivity index (χ1v) is 7.34. The van der Waals surface area contributed by atoms with E-state index in [4.69, 9.17) is 0 Å². The van der Waals surface area contributed by atoms with Crippen molar-refractivity contribution in [1.29, 1.82) is 0 Å². The van der Waals surface area contributed by atoms with Gasteiger partial charge in [0.25, 0.3) is 0 Å². The summed E-state index contributed by atoms with van der Waals surface area (Å²) < 4.78 is 0. The van der Waals surface area contributed by atoms with Crippen molar-refractivity contribution in [3.63, 3.8) is 0 Å². The van der Waals surface area contributed by atoms with Crippen molar-refractivity contribution in [2.75, 3.05) is 19.0 Å². The summed E-state index contributed by atoms with van der Waals surface area (Å²) in [6.07, 6.45) is 6.69. The van der Waals surface area contributed by atoms with E-state index in [0.717, 1.165) is 11.5 Å². The Kier molecular flexibility index (Phi) is 4.75. The van der Waals surface area contributed by atoms with Crippen molar-refractivity contribution < 1.29 is 0 Å². The molecule has 0 aliphatic heterocycles. The van der Waals surface area contributed by atoms with E-state index in [1.807, 2.05) is 0 Å². The SMILES string of the molecule is CNC1CCC(N(C)c2cc(C(C)C)ncn2)CC1. The second-order valence-electron chi connectivity index (χ2n) is 5.86. The second-order valence-corrected chi connectivity index (χ2v) is 5.86. The van der Waals surface area contributed by atoms with E-state index < -0.39 is 0 Å². The summed E-state index contributed by atoms with van der Waals surface area (Å²) in [7, 11) is 4.23. The third-order valence-electron chi connectivity index (χ3n) is 4.28. The van der Waals surface area contributed by atoms with Crippen LogP contribution in [0.15, 0.2) is 12.4 Å². The van der Waals surface area contributed by atoms with Crippen molar-refractivity contribution in [1.82, 2.24) is 15.3 Å². The van der Waals surface area contributed by atoms with E-state index in [9.17, 15) is 0 Å². The highest BCUT2D eigenvalue weighted by molar-refractivity contribution is 5.39. The fourth-order valence-corrected chi connectivity index (χ4v) is 2.81. The van der Waals surface area contributed by atoms with E-state index >= 15 is 0 Å². The van der Waals surface area contributed by atoms with E-state index in [1.54, 1.807) is 6.33 Å². The van der Waals surface area contributed by atoms with Crippen LogP contribution in [0.3, 0.4) is 0 Å². The van der Waals surface area contributed by atoms with Gasteiger partial charge < -0.3 is 10.2 Å². The summed E-state index contributed by atoms with van der Waals surface area (Å²) >= 11 is 0. The molecule has 1 heterocycles. The van der Waals surface area contributed by atoms with Crippen LogP contribution in [0.2, 0.25) is 0 Å². The molecule has 0 atom stereocenters. The largest absolute Gasteiger partial charge is 0.357 e. The number of nitrogens with zero attached hydrogens (tertiary/aromatic N) is 3. The number of nitrogens with one attached hydrogen (secondary N) is 1. The monoisotopic (exact) mass is 262 g/mol. The quantitative estimate of drug-likeness (QED) is 0.905. The molecule has 1 saturated carbocycles. The Bertz CT molecular complexity index is 397. The maximum Gasteiger partial charge on any atom is 0.132 e. The fraction of sp³-hybridized carbons (Fsp3) is 0.733. The number of hydrogen-bond donors (Lipinski definition) is 1. The van der Waals surface area contributed by atoms with Crippen LogP contribution in [0.25, 0.3) is 0 Å². The number of aromatic nitrogens is 2. The molecule has 0 aromatic carbocycles. The van der Waals surface area contributed by atoms with E-state index in [0.29, 0.717) is 18.0 Å². The van der Waals surface area contributed by atoms with Crippen LogP contribution in [-0.2, 0) is 0 Å². The minimum Gasteiger partial charge on any atom is -0.357 e. The average molecular weight is 262 g/mol. The lowest BCUT2D eigenvalue weighted by Crippen LogP contribution is -2.40. The van der Waals surface area contributed by atoms with Crippen LogP contribution in [0.1, 0.15) is 51.1 Å². The zero-order valence-corrected chi connectivity index (χ0v) is 12.6. The first kappa shape index (κ1) is 14.3. The van der Waals surface area contributed by atoms with Gasteiger partial charge in [-0.05, 0) is 38.6 Å². The third-order valence-corrected chi connectivity index (χ3v) is 4.28. The smallest absolute Gasteiger partial charge is 0.132 e. The molecule has 1 aliphatic rings. The van der Waals surface area contributed by atoms with Crippen molar-refractivity contribution >= 4 is 5.82 Å². The first-order chi connectivity index (χ1) is 9.11. The molecule has 1 fully saturated rings. The van der Waals surface area contributed by atoms with E-state index in [1.165, 1.54) is 25.7 Å². The van der Waals surface area contributed by atoms with Gasteiger partial charge in [0.15, 0.2) is 0 Å². The van der Waals surface area contributed by atoms with Gasteiger partial charge in [0.05, 0.1) is 0 Å². The molecule has 0 unspecified atom stereocenters. The van der Waals surface area contributed by atoms with Gasteiger partial charge in [-0.15, -0.1) is 0 Å². The third kappa shape index (κ3) is 3.44. The zero-order valence-electron chi connectivity index (χ0n) is 12.6. The van der Waals surface area contributed by atoms with Crippen molar-refractivity contribution in [3.05, 3.63) is 18.1 Å². The Balaban J connectivity index is 2.03. The van der Waals surface area contributed by atoms with E-state index in [2.05, 4.69) is 54.2 Å². The Morgan fingerprint density at radius 3 is 2.47 bits per heavy atom. The standard InChI is InChI=1S/C15H26N4/c1-11(2)14-9-15(18-10-17-14)19(4)13-7-5-12(16-3)6-8-13/h9-13,16H,5-8H2,1-4H3. The lowest BCUT2D eigenvalue weighted by atomic mass is 9.90. The number of rotatable bonds is 4. The van der Waals surface area contributed by atoms with Crippen molar-refractivity contribution in [2.24, 2.45) is 0 Å². The van der Waals surface area contributed by atoms with Crippen molar-refractivity contribution in [3.8, 4) is 0 Å². The van der Waals surface area contributed by atoms with Crippen LogP contribution in [0.5, 0.6) is 0 Å². The Morgan fingerprint density at radius 1 is 1.21 bits per heavy atom. The molecule has 106 valence electrons. The molecular formula is C15H26N4. The highest BCUT2D eigenvalue weighted by Gasteiger charge is 2.24. The minimum atomic E-state index is 0.454. The molecule has 1 N–H and O–H groups in total. The highest BCUT2D eigenvalue weighted by atomic mass is 15.2. The summed E-state index contributed by atoms with van der Waals surface area (Å²) in [6, 6.07) is 3.44. The van der Waals surface area contributed by atoms with Gasteiger partial charge in [0, 0.05) is 30.9 Å². The molecule has 2 rings (SSSR count). The van der Waals surface area contributed by atoms with Crippen LogP contribution < -0.4 is 10.2 Å². The lowest BCUT2D eigenvalue weighted by molar-refractivity contribution is 0.350. The first-order valence-electron chi connectivity index (χ1n) is 7.34. The highest BCUT2D eigenvalue weighted by Crippen LogP contribution is 2.26. The molecule has 4 nitrogen and oxygen atoms in total. The topological polar surface area (TPSA) is 41.0 Å². The van der Waals surface area contributed by atoms with Crippen LogP contribution in [0, 0.1) is 0 Å². The van der Waals surface area contributed by atoms with Gasteiger partial charge in [0.1, 0.15) is 12.1 Å². The summed E-state index contributed by atoms with van der Waals surface area (Å²) in [5.74, 6) is 1.52. The lowest BCUT2D eigenvalue weighted by Gasteiger charge is -2.35. The van der Waals surface area contributed by atoms with Crippen LogP contribution in [-0.4, -0.2) is 36.1 Å². The summed E-state index contributed by atoms with van der Waals surface area (Å²) in [5.41, 5.74) is 1.13. The normalized spacial score (nSPS) is 23.6. The van der Waals surface area contributed by atoms with Gasteiger partial charge >= 0.3 is 0 Å². The molecule has 19 heavy (non-hydrogen) atoms. The number of anilines is 1. The predicted octanol–water partition coefficient (Wildman–Crippen LogP) is 2.57. The van der Waals surface area contributed by atoms with Gasteiger partial charge in [-0.1, -0.05) is 13.8 Å². The van der Waals surface area contributed by atoms with E-state index in [-0.39, 0.29) is 0 Å². The molecular weight excluding hydrogens is 236 g/mol. The van der Waals surface area contributed by atoms with Crippen LogP contribution >= 0.6 is 0 Å². The van der Waals surface area contributed by atoms with Gasteiger partial charge in [-0.3, -0.25) is 0 Å². The van der Waals surface area contributed by atoms with Gasteiger partial charge in [-0.25, -0.2) is 9.97 Å². The summed E-state index contributed by atoms with van der Waals surface area (Å²) in [6.45, 7) is 4.34. The van der Waals surface area contributed by atoms with Crippen LogP contribution in [0.4, 0.5) is 5.82 Å². The van der Waals surface area contributed by atoms with Crippen molar-refractivity contribution in [2.45, 2.75) is 57.5 Å². The Labute approximate surface area is 116 Å². The Hall–Kier alpha value is -1.16. The fourth-order valence-electron chi connectivity index (χ4n) is 2.81. The predicted molar refractivity (Wildman–Crippen MR) is 79.6 cm³/mol. The maximum atomic E-state index is 4.44. The zero-order chi connectivity index (χ0) is 13.8. The molecule has 0 saturated heterocycles.